The summed E-state index contributed by atoms with van der Waals surface area (Å²) in [7, 11) is 3.20. The quantitative estimate of drug-likeness (QED) is 0.907. The summed E-state index contributed by atoms with van der Waals surface area (Å²) >= 11 is 0. The lowest BCUT2D eigenvalue weighted by Crippen LogP contribution is -2.04. The lowest BCUT2D eigenvalue weighted by Gasteiger charge is -2.16. The van der Waals surface area contributed by atoms with Crippen LogP contribution in [0.5, 0.6) is 11.5 Å². The van der Waals surface area contributed by atoms with Gasteiger partial charge in [-0.05, 0) is 24.6 Å². The Balaban J connectivity index is 2.20. The minimum Gasteiger partial charge on any atom is -0.497 e. The summed E-state index contributed by atoms with van der Waals surface area (Å²) in [5, 5.41) is 10.4. The topological polar surface area (TPSA) is 38.7 Å². The summed E-state index contributed by atoms with van der Waals surface area (Å²) < 4.78 is 10.5. The van der Waals surface area contributed by atoms with Gasteiger partial charge >= 0.3 is 0 Å². The average Bonchev–Trinajstić information content (AvgIpc) is 2.48. The number of methoxy groups -OCH3 is 2. The van der Waals surface area contributed by atoms with E-state index in [1.165, 1.54) is 5.56 Å². The molecule has 2 aromatic rings. The molecule has 1 atom stereocenters. The Kier molecular flexibility index (Phi) is 4.64. The lowest BCUT2D eigenvalue weighted by atomic mass is 10.00. The van der Waals surface area contributed by atoms with E-state index in [-0.39, 0.29) is 0 Å². The van der Waals surface area contributed by atoms with Gasteiger partial charge in [0.1, 0.15) is 11.5 Å². The van der Waals surface area contributed by atoms with Crippen molar-refractivity contribution >= 4 is 0 Å². The van der Waals surface area contributed by atoms with Crippen LogP contribution in [0, 0.1) is 6.92 Å². The molecule has 0 radical (unpaired) electrons. The van der Waals surface area contributed by atoms with Gasteiger partial charge in [0.15, 0.2) is 0 Å². The average molecular weight is 272 g/mol. The van der Waals surface area contributed by atoms with Crippen molar-refractivity contribution in [3.63, 3.8) is 0 Å². The lowest BCUT2D eigenvalue weighted by molar-refractivity contribution is 0.174. The van der Waals surface area contributed by atoms with Crippen LogP contribution in [-0.4, -0.2) is 19.3 Å². The highest BCUT2D eigenvalue weighted by Gasteiger charge is 2.14. The number of aryl methyl sites for hydroxylation is 1. The number of hydrogen-bond acceptors (Lipinski definition) is 3. The molecule has 0 fully saturated rings. The van der Waals surface area contributed by atoms with Gasteiger partial charge in [0.05, 0.1) is 20.3 Å². The van der Waals surface area contributed by atoms with Crippen molar-refractivity contribution in [3.05, 3.63) is 59.2 Å². The van der Waals surface area contributed by atoms with E-state index in [2.05, 4.69) is 0 Å². The van der Waals surface area contributed by atoms with E-state index in [0.29, 0.717) is 17.9 Å². The Labute approximate surface area is 119 Å². The van der Waals surface area contributed by atoms with E-state index in [1.807, 2.05) is 43.3 Å². The van der Waals surface area contributed by atoms with Gasteiger partial charge in [0.25, 0.3) is 0 Å². The molecule has 0 saturated carbocycles. The van der Waals surface area contributed by atoms with Gasteiger partial charge < -0.3 is 14.6 Å². The van der Waals surface area contributed by atoms with Crippen LogP contribution in [0.4, 0.5) is 0 Å². The maximum Gasteiger partial charge on any atom is 0.128 e. The fourth-order valence-electron chi connectivity index (χ4n) is 2.15. The maximum atomic E-state index is 10.4. The Bertz CT molecular complexity index is 561. The van der Waals surface area contributed by atoms with E-state index in [0.717, 1.165) is 11.1 Å². The van der Waals surface area contributed by atoms with Crippen molar-refractivity contribution in [1.82, 2.24) is 0 Å². The molecule has 0 heterocycles. The molecule has 106 valence electrons. The Morgan fingerprint density at radius 3 is 2.30 bits per heavy atom. The van der Waals surface area contributed by atoms with E-state index in [1.54, 1.807) is 20.3 Å². The standard InChI is InChI=1S/C17H20O3/c1-12-4-6-13(7-5-12)10-16(18)15-9-8-14(19-2)11-17(15)20-3/h4-9,11,16,18H,10H2,1-3H3. The molecule has 0 aliphatic carbocycles. The molecule has 0 saturated heterocycles. The van der Waals surface area contributed by atoms with Crippen LogP contribution in [0.3, 0.4) is 0 Å². The fourth-order valence-corrected chi connectivity index (χ4v) is 2.15. The summed E-state index contributed by atoms with van der Waals surface area (Å²) in [6, 6.07) is 13.6. The molecule has 0 bridgehead atoms. The Morgan fingerprint density at radius 2 is 1.70 bits per heavy atom. The van der Waals surface area contributed by atoms with Gasteiger partial charge in [-0.25, -0.2) is 0 Å². The first-order chi connectivity index (χ1) is 9.63. The summed E-state index contributed by atoms with van der Waals surface area (Å²) in [6.07, 6.45) is -0.0401. The zero-order valence-corrected chi connectivity index (χ0v) is 12.1. The van der Waals surface area contributed by atoms with E-state index in [9.17, 15) is 5.11 Å². The highest BCUT2D eigenvalue weighted by atomic mass is 16.5. The molecule has 0 aliphatic rings. The second-order valence-corrected chi connectivity index (χ2v) is 4.81. The predicted molar refractivity (Wildman–Crippen MR) is 79.4 cm³/mol. The smallest absolute Gasteiger partial charge is 0.128 e. The molecular weight excluding hydrogens is 252 g/mol. The van der Waals surface area contributed by atoms with Crippen LogP contribution in [0.1, 0.15) is 22.8 Å². The third-order valence-corrected chi connectivity index (χ3v) is 3.35. The molecular formula is C17H20O3. The number of aliphatic hydroxyl groups is 1. The normalized spacial score (nSPS) is 12.0. The first-order valence-electron chi connectivity index (χ1n) is 6.59. The van der Waals surface area contributed by atoms with E-state index in [4.69, 9.17) is 9.47 Å². The molecule has 1 N–H and O–H groups in total. The minimum absolute atomic E-state index is 0.559. The zero-order valence-electron chi connectivity index (χ0n) is 12.1. The summed E-state index contributed by atoms with van der Waals surface area (Å²) in [5.74, 6) is 1.36. The van der Waals surface area contributed by atoms with Crippen molar-refractivity contribution in [3.8, 4) is 11.5 Å². The maximum absolute atomic E-state index is 10.4. The van der Waals surface area contributed by atoms with Crippen LogP contribution < -0.4 is 9.47 Å². The molecule has 0 amide bonds. The molecule has 3 nitrogen and oxygen atoms in total. The third-order valence-electron chi connectivity index (χ3n) is 3.35. The Morgan fingerprint density at radius 1 is 1.00 bits per heavy atom. The molecule has 0 spiro atoms. The van der Waals surface area contributed by atoms with E-state index >= 15 is 0 Å². The first kappa shape index (κ1) is 14.4. The second-order valence-electron chi connectivity index (χ2n) is 4.81. The second kappa shape index (κ2) is 6.44. The number of rotatable bonds is 5. The first-order valence-corrected chi connectivity index (χ1v) is 6.59. The highest BCUT2D eigenvalue weighted by Crippen LogP contribution is 2.31. The van der Waals surface area contributed by atoms with Crippen LogP contribution in [-0.2, 0) is 6.42 Å². The fraction of sp³-hybridized carbons (Fsp3) is 0.294. The van der Waals surface area contributed by atoms with Crippen LogP contribution in [0.15, 0.2) is 42.5 Å². The van der Waals surface area contributed by atoms with Crippen LogP contribution >= 0.6 is 0 Å². The molecule has 2 aromatic carbocycles. The van der Waals surface area contributed by atoms with Gasteiger partial charge in [-0.15, -0.1) is 0 Å². The number of benzene rings is 2. The Hall–Kier alpha value is -2.00. The third kappa shape index (κ3) is 3.31. The van der Waals surface area contributed by atoms with Crippen molar-refractivity contribution in [1.29, 1.82) is 0 Å². The molecule has 3 heteroatoms. The van der Waals surface area contributed by atoms with Gasteiger partial charge in [0.2, 0.25) is 0 Å². The minimum atomic E-state index is -0.599. The monoisotopic (exact) mass is 272 g/mol. The zero-order chi connectivity index (χ0) is 14.5. The summed E-state index contributed by atoms with van der Waals surface area (Å²) in [5.41, 5.74) is 3.08. The molecule has 20 heavy (non-hydrogen) atoms. The summed E-state index contributed by atoms with van der Waals surface area (Å²) in [6.45, 7) is 2.05. The SMILES string of the molecule is COc1ccc(C(O)Cc2ccc(C)cc2)c(OC)c1. The number of hydrogen-bond donors (Lipinski definition) is 1. The summed E-state index contributed by atoms with van der Waals surface area (Å²) in [4.78, 5) is 0. The molecule has 0 aromatic heterocycles. The molecule has 2 rings (SSSR count). The van der Waals surface area contributed by atoms with Crippen LogP contribution in [0.2, 0.25) is 0 Å². The number of aliphatic hydroxyl groups excluding tert-OH is 1. The van der Waals surface area contributed by atoms with Crippen LogP contribution in [0.25, 0.3) is 0 Å². The number of ether oxygens (including phenoxy) is 2. The highest BCUT2D eigenvalue weighted by molar-refractivity contribution is 5.42. The van der Waals surface area contributed by atoms with Crippen molar-refractivity contribution in [2.75, 3.05) is 14.2 Å². The van der Waals surface area contributed by atoms with Gasteiger partial charge in [-0.3, -0.25) is 0 Å². The predicted octanol–water partition coefficient (Wildman–Crippen LogP) is 3.29. The molecule has 1 unspecified atom stereocenters. The largest absolute Gasteiger partial charge is 0.497 e. The van der Waals surface area contributed by atoms with Gasteiger partial charge in [-0.1, -0.05) is 29.8 Å². The van der Waals surface area contributed by atoms with Gasteiger partial charge in [-0.2, -0.15) is 0 Å². The van der Waals surface area contributed by atoms with Crippen molar-refractivity contribution in [2.24, 2.45) is 0 Å². The van der Waals surface area contributed by atoms with Crippen molar-refractivity contribution < 1.29 is 14.6 Å². The van der Waals surface area contributed by atoms with E-state index < -0.39 is 6.10 Å². The van der Waals surface area contributed by atoms with Crippen molar-refractivity contribution in [2.45, 2.75) is 19.4 Å². The van der Waals surface area contributed by atoms with Gasteiger partial charge in [0, 0.05) is 18.1 Å². The molecule has 0 aliphatic heterocycles.